The highest BCUT2D eigenvalue weighted by Crippen LogP contribution is 2.08. The highest BCUT2D eigenvalue weighted by molar-refractivity contribution is 5.77. The molecule has 1 heterocycles. The number of carbonyl (C=O) groups is 1. The van der Waals surface area contributed by atoms with Crippen LogP contribution in [0, 0.1) is 0 Å². The average molecular weight is 254 g/mol. The number of hydrogen-bond donors (Lipinski definition) is 2. The van der Waals surface area contributed by atoms with E-state index in [1.165, 1.54) is 0 Å². The SMILES string of the molecule is COCCNC(=O)CN[C@@H](C)[C@H](C)n1cccn1. The lowest BCUT2D eigenvalue weighted by Crippen LogP contribution is -2.41. The first-order valence-electron chi connectivity index (χ1n) is 6.13. The molecule has 0 radical (unpaired) electrons. The van der Waals surface area contributed by atoms with Gasteiger partial charge in [-0.05, 0) is 19.9 Å². The average Bonchev–Trinajstić information content (AvgIpc) is 2.89. The Morgan fingerprint density at radius 3 is 2.89 bits per heavy atom. The van der Waals surface area contributed by atoms with Gasteiger partial charge in [-0.1, -0.05) is 0 Å². The van der Waals surface area contributed by atoms with Crippen LogP contribution in [0.1, 0.15) is 19.9 Å². The van der Waals surface area contributed by atoms with Gasteiger partial charge in [0.1, 0.15) is 0 Å². The topological polar surface area (TPSA) is 68.2 Å². The van der Waals surface area contributed by atoms with Crippen molar-refractivity contribution in [1.29, 1.82) is 0 Å². The van der Waals surface area contributed by atoms with Crippen LogP contribution < -0.4 is 10.6 Å². The minimum absolute atomic E-state index is 0.0217. The number of nitrogens with one attached hydrogen (secondary N) is 2. The first-order valence-corrected chi connectivity index (χ1v) is 6.13. The largest absolute Gasteiger partial charge is 0.383 e. The van der Waals surface area contributed by atoms with Crippen molar-refractivity contribution in [1.82, 2.24) is 20.4 Å². The predicted molar refractivity (Wildman–Crippen MR) is 69.3 cm³/mol. The van der Waals surface area contributed by atoms with E-state index in [9.17, 15) is 4.79 Å². The fourth-order valence-electron chi connectivity index (χ4n) is 1.53. The molecule has 0 unspecified atom stereocenters. The summed E-state index contributed by atoms with van der Waals surface area (Å²) >= 11 is 0. The molecule has 0 fully saturated rings. The highest BCUT2D eigenvalue weighted by atomic mass is 16.5. The van der Waals surface area contributed by atoms with E-state index in [1.54, 1.807) is 13.3 Å². The van der Waals surface area contributed by atoms with E-state index in [1.807, 2.05) is 23.9 Å². The molecule has 18 heavy (non-hydrogen) atoms. The van der Waals surface area contributed by atoms with Crippen LogP contribution in [0.25, 0.3) is 0 Å². The van der Waals surface area contributed by atoms with Crippen LogP contribution >= 0.6 is 0 Å². The normalized spacial score (nSPS) is 14.2. The third kappa shape index (κ3) is 4.85. The molecule has 6 nitrogen and oxygen atoms in total. The molecule has 0 aliphatic heterocycles. The Balaban J connectivity index is 2.24. The Morgan fingerprint density at radius 2 is 2.28 bits per heavy atom. The lowest BCUT2D eigenvalue weighted by atomic mass is 10.2. The van der Waals surface area contributed by atoms with Gasteiger partial charge in [0.25, 0.3) is 0 Å². The highest BCUT2D eigenvalue weighted by Gasteiger charge is 2.14. The minimum Gasteiger partial charge on any atom is -0.383 e. The standard InChI is InChI=1S/C12H22N4O2/c1-10(11(2)16-7-4-5-15-16)14-9-12(17)13-6-8-18-3/h4-5,7,10-11,14H,6,8-9H2,1-3H3,(H,13,17)/t10-,11-/m0/s1. The van der Waals surface area contributed by atoms with Crippen molar-refractivity contribution >= 4 is 5.91 Å². The summed E-state index contributed by atoms with van der Waals surface area (Å²) in [5.74, 6) is -0.0217. The number of aromatic nitrogens is 2. The summed E-state index contributed by atoms with van der Waals surface area (Å²) < 4.78 is 6.73. The van der Waals surface area contributed by atoms with Crippen LogP contribution in [-0.4, -0.2) is 48.5 Å². The molecule has 0 aliphatic carbocycles. The number of hydrogen-bond acceptors (Lipinski definition) is 4. The van der Waals surface area contributed by atoms with E-state index < -0.39 is 0 Å². The van der Waals surface area contributed by atoms with Gasteiger partial charge in [-0.15, -0.1) is 0 Å². The number of nitrogens with zero attached hydrogens (tertiary/aromatic N) is 2. The van der Waals surface area contributed by atoms with Crippen LogP contribution in [-0.2, 0) is 9.53 Å². The molecule has 2 N–H and O–H groups in total. The van der Waals surface area contributed by atoms with Crippen LogP contribution in [0.15, 0.2) is 18.5 Å². The van der Waals surface area contributed by atoms with Crippen LogP contribution in [0.3, 0.4) is 0 Å². The molecule has 0 aliphatic rings. The lowest BCUT2D eigenvalue weighted by Gasteiger charge is -2.21. The van der Waals surface area contributed by atoms with Gasteiger partial charge >= 0.3 is 0 Å². The molecular formula is C12H22N4O2. The molecule has 1 aromatic rings. The Bertz CT molecular complexity index is 340. The van der Waals surface area contributed by atoms with Gasteiger partial charge in [0.2, 0.25) is 5.91 Å². The summed E-state index contributed by atoms with van der Waals surface area (Å²) in [6.07, 6.45) is 3.67. The zero-order valence-electron chi connectivity index (χ0n) is 11.2. The van der Waals surface area contributed by atoms with Gasteiger partial charge in [-0.3, -0.25) is 9.48 Å². The van der Waals surface area contributed by atoms with Gasteiger partial charge in [0, 0.05) is 32.1 Å². The van der Waals surface area contributed by atoms with Gasteiger partial charge < -0.3 is 15.4 Å². The minimum atomic E-state index is -0.0217. The number of ether oxygens (including phenoxy) is 1. The smallest absolute Gasteiger partial charge is 0.234 e. The first kappa shape index (κ1) is 14.7. The van der Waals surface area contributed by atoms with E-state index in [4.69, 9.17) is 4.74 Å². The maximum atomic E-state index is 11.5. The van der Waals surface area contributed by atoms with Crippen molar-refractivity contribution in [2.24, 2.45) is 0 Å². The summed E-state index contributed by atoms with van der Waals surface area (Å²) in [5.41, 5.74) is 0. The molecule has 0 saturated heterocycles. The van der Waals surface area contributed by atoms with Crippen molar-refractivity contribution in [3.63, 3.8) is 0 Å². The van der Waals surface area contributed by atoms with E-state index in [2.05, 4.69) is 22.7 Å². The first-order chi connectivity index (χ1) is 8.65. The molecule has 6 heteroatoms. The molecule has 0 spiro atoms. The summed E-state index contributed by atoms with van der Waals surface area (Å²) in [5, 5.41) is 10.1. The van der Waals surface area contributed by atoms with E-state index in [0.29, 0.717) is 19.7 Å². The molecule has 1 aromatic heterocycles. The maximum Gasteiger partial charge on any atom is 0.234 e. The van der Waals surface area contributed by atoms with Gasteiger partial charge in [-0.25, -0.2) is 0 Å². The Morgan fingerprint density at radius 1 is 1.50 bits per heavy atom. The van der Waals surface area contributed by atoms with Crippen molar-refractivity contribution in [2.75, 3.05) is 26.8 Å². The molecular weight excluding hydrogens is 232 g/mol. The number of methoxy groups -OCH3 is 1. The second kappa shape index (κ2) is 7.84. The quantitative estimate of drug-likeness (QED) is 0.650. The van der Waals surface area contributed by atoms with E-state index in [0.717, 1.165) is 0 Å². The van der Waals surface area contributed by atoms with Gasteiger partial charge in [-0.2, -0.15) is 5.10 Å². The third-order valence-corrected chi connectivity index (χ3v) is 2.88. The molecule has 0 bridgehead atoms. The number of carbonyl (C=O) groups excluding carboxylic acids is 1. The second-order valence-electron chi connectivity index (χ2n) is 4.24. The van der Waals surface area contributed by atoms with E-state index >= 15 is 0 Å². The summed E-state index contributed by atoms with van der Waals surface area (Å²) in [6, 6.07) is 2.26. The van der Waals surface area contributed by atoms with Gasteiger partial charge in [0.05, 0.1) is 19.2 Å². The molecule has 1 amide bonds. The summed E-state index contributed by atoms with van der Waals surface area (Å²) in [4.78, 5) is 11.5. The van der Waals surface area contributed by atoms with Crippen LogP contribution in [0.4, 0.5) is 0 Å². The monoisotopic (exact) mass is 254 g/mol. The molecule has 2 atom stereocenters. The van der Waals surface area contributed by atoms with Gasteiger partial charge in [0.15, 0.2) is 0 Å². The van der Waals surface area contributed by atoms with E-state index in [-0.39, 0.29) is 18.0 Å². The molecule has 102 valence electrons. The summed E-state index contributed by atoms with van der Waals surface area (Å²) in [7, 11) is 1.61. The Hall–Kier alpha value is -1.40. The summed E-state index contributed by atoms with van der Waals surface area (Å²) in [6.45, 7) is 5.48. The second-order valence-corrected chi connectivity index (χ2v) is 4.24. The van der Waals surface area contributed by atoms with Crippen molar-refractivity contribution < 1.29 is 9.53 Å². The zero-order valence-corrected chi connectivity index (χ0v) is 11.2. The van der Waals surface area contributed by atoms with Crippen molar-refractivity contribution in [2.45, 2.75) is 25.9 Å². The lowest BCUT2D eigenvalue weighted by molar-refractivity contribution is -0.120. The van der Waals surface area contributed by atoms with Crippen molar-refractivity contribution in [3.05, 3.63) is 18.5 Å². The molecule has 1 rings (SSSR count). The third-order valence-electron chi connectivity index (χ3n) is 2.88. The van der Waals surface area contributed by atoms with Crippen LogP contribution in [0.5, 0.6) is 0 Å². The zero-order chi connectivity index (χ0) is 13.4. The molecule has 0 aromatic carbocycles. The fourth-order valence-corrected chi connectivity index (χ4v) is 1.53. The number of rotatable bonds is 8. The van der Waals surface area contributed by atoms with Crippen molar-refractivity contribution in [3.8, 4) is 0 Å². The van der Waals surface area contributed by atoms with Crippen LogP contribution in [0.2, 0.25) is 0 Å². The fraction of sp³-hybridized carbons (Fsp3) is 0.667. The number of amides is 1. The predicted octanol–water partition coefficient (Wildman–Crippen LogP) is 0.185. The Labute approximate surface area is 108 Å². The Kier molecular flexibility index (Phi) is 6.38. The molecule has 0 saturated carbocycles. The maximum absolute atomic E-state index is 11.5.